The first-order valence-corrected chi connectivity index (χ1v) is 5.26. The molecule has 3 N–H and O–H groups in total. The zero-order valence-electron chi connectivity index (χ0n) is 9.62. The van der Waals surface area contributed by atoms with Gasteiger partial charge < -0.3 is 9.47 Å². The molecule has 0 spiro atoms. The molecule has 1 aliphatic rings. The third-order valence-electron chi connectivity index (χ3n) is 2.43. The molecule has 0 aromatic rings. The van der Waals surface area contributed by atoms with E-state index >= 15 is 0 Å². The molecule has 0 bridgehead atoms. The first-order chi connectivity index (χ1) is 7.43. The number of nitrogens with one attached hydrogen (secondary N) is 1. The minimum absolute atomic E-state index is 0.0433. The molecule has 92 valence electrons. The molecule has 1 amide bonds. The van der Waals surface area contributed by atoms with Gasteiger partial charge in [0, 0.05) is 12.8 Å². The van der Waals surface area contributed by atoms with E-state index in [1.54, 1.807) is 13.8 Å². The van der Waals surface area contributed by atoms with Crippen LogP contribution >= 0.6 is 0 Å². The Bertz CT molecular complexity index is 268. The van der Waals surface area contributed by atoms with Gasteiger partial charge in [0.05, 0.1) is 6.10 Å². The van der Waals surface area contributed by atoms with Crippen LogP contribution in [-0.4, -0.2) is 30.2 Å². The summed E-state index contributed by atoms with van der Waals surface area (Å²) in [6, 6.07) is 0. The Morgan fingerprint density at radius 2 is 2.38 bits per heavy atom. The second-order valence-corrected chi connectivity index (χ2v) is 4.51. The summed E-state index contributed by atoms with van der Waals surface area (Å²) in [5.74, 6) is 5.05. The largest absolute Gasteiger partial charge is 0.443 e. The average Bonchev–Trinajstić information content (AvgIpc) is 2.20. The lowest BCUT2D eigenvalue weighted by atomic mass is 9.95. The lowest BCUT2D eigenvalue weighted by molar-refractivity contribution is -0.134. The number of nitrogens with two attached hydrogens (primary N) is 1. The van der Waals surface area contributed by atoms with Crippen LogP contribution in [0.5, 0.6) is 0 Å². The fraction of sp³-hybridized carbons (Fsp3) is 0.800. The van der Waals surface area contributed by atoms with E-state index < -0.39 is 11.7 Å². The van der Waals surface area contributed by atoms with Gasteiger partial charge in [-0.05, 0) is 20.3 Å². The third-order valence-corrected chi connectivity index (χ3v) is 2.43. The summed E-state index contributed by atoms with van der Waals surface area (Å²) in [5.41, 5.74) is 1.25. The Kier molecular flexibility index (Phi) is 4.26. The number of amides is 1. The fourth-order valence-corrected chi connectivity index (χ4v) is 1.72. The van der Waals surface area contributed by atoms with Crippen molar-refractivity contribution in [3.8, 4) is 0 Å². The number of Topliss-reactive ketones (excluding diaryl/α,β-unsaturated/α-hetero) is 1. The van der Waals surface area contributed by atoms with Crippen LogP contribution in [0.4, 0.5) is 4.79 Å². The number of rotatable bonds is 3. The van der Waals surface area contributed by atoms with Crippen LogP contribution in [0.25, 0.3) is 0 Å². The summed E-state index contributed by atoms with van der Waals surface area (Å²) < 4.78 is 10.4. The van der Waals surface area contributed by atoms with Gasteiger partial charge in [-0.3, -0.25) is 10.2 Å². The standard InChI is InChI=1S/C10H18N2O4/c1-10(2,16-9(14)12-11)5-8-4-3-7(13)6-15-8/h8H,3-6,11H2,1-2H3,(H,12,14). The van der Waals surface area contributed by atoms with Gasteiger partial charge in [0.15, 0.2) is 5.78 Å². The fourth-order valence-electron chi connectivity index (χ4n) is 1.72. The average molecular weight is 230 g/mol. The summed E-state index contributed by atoms with van der Waals surface area (Å²) >= 11 is 0. The van der Waals surface area contributed by atoms with Crippen molar-refractivity contribution >= 4 is 11.9 Å². The van der Waals surface area contributed by atoms with Gasteiger partial charge in [0.2, 0.25) is 0 Å². The molecule has 1 unspecified atom stereocenters. The predicted octanol–water partition coefficient (Wildman–Crippen LogP) is 0.503. The van der Waals surface area contributed by atoms with Crippen LogP contribution in [0.2, 0.25) is 0 Å². The van der Waals surface area contributed by atoms with Gasteiger partial charge in [-0.1, -0.05) is 0 Å². The lowest BCUT2D eigenvalue weighted by Gasteiger charge is -2.31. The number of hydrazine groups is 1. The second kappa shape index (κ2) is 5.27. The molecule has 16 heavy (non-hydrogen) atoms. The number of ketones is 1. The van der Waals surface area contributed by atoms with Crippen molar-refractivity contribution in [2.24, 2.45) is 5.84 Å². The molecule has 6 nitrogen and oxygen atoms in total. The Balaban J connectivity index is 2.39. The van der Waals surface area contributed by atoms with Crippen molar-refractivity contribution in [3.63, 3.8) is 0 Å². The summed E-state index contributed by atoms with van der Waals surface area (Å²) in [7, 11) is 0. The van der Waals surface area contributed by atoms with Gasteiger partial charge in [0.25, 0.3) is 0 Å². The monoisotopic (exact) mass is 230 g/mol. The molecule has 0 aliphatic carbocycles. The van der Waals surface area contributed by atoms with Crippen LogP contribution in [0, 0.1) is 0 Å². The van der Waals surface area contributed by atoms with Crippen LogP contribution < -0.4 is 11.3 Å². The van der Waals surface area contributed by atoms with Gasteiger partial charge in [-0.15, -0.1) is 0 Å². The zero-order chi connectivity index (χ0) is 12.2. The molecular formula is C10H18N2O4. The van der Waals surface area contributed by atoms with Crippen molar-refractivity contribution in [3.05, 3.63) is 0 Å². The van der Waals surface area contributed by atoms with Crippen LogP contribution in [-0.2, 0) is 14.3 Å². The third kappa shape index (κ3) is 4.16. The first kappa shape index (κ1) is 12.9. The van der Waals surface area contributed by atoms with Gasteiger partial charge in [-0.2, -0.15) is 0 Å². The Labute approximate surface area is 94.4 Å². The van der Waals surface area contributed by atoms with E-state index in [0.29, 0.717) is 19.3 Å². The topological polar surface area (TPSA) is 90.6 Å². The van der Waals surface area contributed by atoms with E-state index in [-0.39, 0.29) is 18.5 Å². The van der Waals surface area contributed by atoms with Gasteiger partial charge in [0.1, 0.15) is 12.2 Å². The van der Waals surface area contributed by atoms with Gasteiger partial charge in [-0.25, -0.2) is 10.6 Å². The highest BCUT2D eigenvalue weighted by Crippen LogP contribution is 2.23. The molecule has 6 heteroatoms. The molecule has 1 saturated heterocycles. The van der Waals surface area contributed by atoms with Crippen LogP contribution in [0.3, 0.4) is 0 Å². The van der Waals surface area contributed by atoms with Gasteiger partial charge >= 0.3 is 6.09 Å². The number of carbonyl (C=O) groups excluding carboxylic acids is 2. The summed E-state index contributed by atoms with van der Waals surface area (Å²) in [4.78, 5) is 21.9. The van der Waals surface area contributed by atoms with Crippen molar-refractivity contribution in [2.45, 2.75) is 44.8 Å². The number of ether oxygens (including phenoxy) is 2. The van der Waals surface area contributed by atoms with E-state index in [9.17, 15) is 9.59 Å². The molecular weight excluding hydrogens is 212 g/mol. The minimum atomic E-state index is -0.670. The number of hydrogen-bond acceptors (Lipinski definition) is 5. The number of carbonyl (C=O) groups is 2. The molecule has 0 aromatic heterocycles. The predicted molar refractivity (Wildman–Crippen MR) is 56.5 cm³/mol. The normalized spacial score (nSPS) is 21.7. The molecule has 1 atom stereocenters. The second-order valence-electron chi connectivity index (χ2n) is 4.51. The Morgan fingerprint density at radius 1 is 1.69 bits per heavy atom. The summed E-state index contributed by atoms with van der Waals surface area (Å²) in [5, 5.41) is 0. The molecule has 1 heterocycles. The highest BCUT2D eigenvalue weighted by molar-refractivity contribution is 5.80. The molecule has 1 fully saturated rings. The lowest BCUT2D eigenvalue weighted by Crippen LogP contribution is -2.41. The van der Waals surface area contributed by atoms with Crippen LogP contribution in [0.1, 0.15) is 33.1 Å². The Morgan fingerprint density at radius 3 is 2.88 bits per heavy atom. The first-order valence-electron chi connectivity index (χ1n) is 5.26. The van der Waals surface area contributed by atoms with E-state index in [1.807, 2.05) is 5.43 Å². The van der Waals surface area contributed by atoms with Crippen molar-refractivity contribution in [1.29, 1.82) is 0 Å². The number of hydrogen-bond donors (Lipinski definition) is 2. The summed E-state index contributed by atoms with van der Waals surface area (Å²) in [6.07, 6.45) is 1.04. The van der Waals surface area contributed by atoms with E-state index in [1.165, 1.54) is 0 Å². The smallest absolute Gasteiger partial charge is 0.421 e. The van der Waals surface area contributed by atoms with Crippen molar-refractivity contribution < 1.29 is 19.1 Å². The molecule has 0 aromatic carbocycles. The zero-order valence-corrected chi connectivity index (χ0v) is 9.62. The van der Waals surface area contributed by atoms with E-state index in [4.69, 9.17) is 15.3 Å². The highest BCUT2D eigenvalue weighted by Gasteiger charge is 2.30. The minimum Gasteiger partial charge on any atom is -0.443 e. The maximum atomic E-state index is 11.0. The molecule has 1 rings (SSSR count). The summed E-state index contributed by atoms with van der Waals surface area (Å²) in [6.45, 7) is 3.72. The van der Waals surface area contributed by atoms with Crippen molar-refractivity contribution in [2.75, 3.05) is 6.61 Å². The molecule has 0 radical (unpaired) electrons. The van der Waals surface area contributed by atoms with E-state index in [0.717, 1.165) is 0 Å². The highest BCUT2D eigenvalue weighted by atomic mass is 16.6. The van der Waals surface area contributed by atoms with Crippen LogP contribution in [0.15, 0.2) is 0 Å². The molecule has 0 saturated carbocycles. The maximum absolute atomic E-state index is 11.0. The molecule has 1 aliphatic heterocycles. The SMILES string of the molecule is CC(C)(CC1CCC(=O)CO1)OC(=O)NN. The Hall–Kier alpha value is -1.14. The van der Waals surface area contributed by atoms with E-state index in [2.05, 4.69) is 0 Å². The maximum Gasteiger partial charge on any atom is 0.421 e. The van der Waals surface area contributed by atoms with Crippen molar-refractivity contribution in [1.82, 2.24) is 5.43 Å². The quantitative estimate of drug-likeness (QED) is 0.418.